The highest BCUT2D eigenvalue weighted by Crippen LogP contribution is 2.46. The van der Waals surface area contributed by atoms with E-state index in [0.29, 0.717) is 36.4 Å². The highest BCUT2D eigenvalue weighted by Gasteiger charge is 2.44. The Morgan fingerprint density at radius 1 is 1.00 bits per heavy atom. The lowest BCUT2D eigenvalue weighted by molar-refractivity contribution is -0.121. The third-order valence-electron chi connectivity index (χ3n) is 7.43. The van der Waals surface area contributed by atoms with Gasteiger partial charge >= 0.3 is 0 Å². The Bertz CT molecular complexity index is 860. The first-order valence-electron chi connectivity index (χ1n) is 12.1. The first-order valence-corrected chi connectivity index (χ1v) is 12.1. The molecular weight excluding hydrogens is 384 g/mol. The molecule has 2 aromatic carbocycles. The SMILES string of the molecule is CCCCC[C@H](CCC1C(=O)CC2Cc3c(O)cccc3CC21)OCc1ccccc1. The van der Waals surface area contributed by atoms with Gasteiger partial charge in [0, 0.05) is 12.3 Å². The molecule has 3 unspecified atom stereocenters. The number of carbonyl (C=O) groups excluding carboxylic acids is 1. The van der Waals surface area contributed by atoms with Gasteiger partial charge in [-0.2, -0.15) is 0 Å². The average molecular weight is 421 g/mol. The van der Waals surface area contributed by atoms with Crippen molar-refractivity contribution in [3.05, 3.63) is 65.2 Å². The van der Waals surface area contributed by atoms with Gasteiger partial charge in [-0.3, -0.25) is 4.79 Å². The first-order chi connectivity index (χ1) is 15.2. The molecule has 2 aromatic rings. The molecule has 4 rings (SSSR count). The molecule has 0 bridgehead atoms. The van der Waals surface area contributed by atoms with E-state index in [0.717, 1.165) is 37.7 Å². The van der Waals surface area contributed by atoms with Crippen molar-refractivity contribution in [1.29, 1.82) is 0 Å². The Balaban J connectivity index is 1.38. The molecule has 1 fully saturated rings. The summed E-state index contributed by atoms with van der Waals surface area (Å²) in [7, 11) is 0. The van der Waals surface area contributed by atoms with Crippen molar-refractivity contribution in [3.8, 4) is 5.75 Å². The molecule has 0 saturated heterocycles. The lowest BCUT2D eigenvalue weighted by Gasteiger charge is -2.31. The smallest absolute Gasteiger partial charge is 0.136 e. The Labute approximate surface area is 186 Å². The van der Waals surface area contributed by atoms with Crippen LogP contribution in [0.3, 0.4) is 0 Å². The van der Waals surface area contributed by atoms with Crippen molar-refractivity contribution in [1.82, 2.24) is 0 Å². The van der Waals surface area contributed by atoms with Crippen LogP contribution in [0, 0.1) is 17.8 Å². The number of carbonyl (C=O) groups is 1. The number of ketones is 1. The number of aromatic hydroxyl groups is 1. The molecule has 166 valence electrons. The van der Waals surface area contributed by atoms with Crippen LogP contribution in [0.1, 0.15) is 68.6 Å². The number of phenols is 1. The molecule has 2 aliphatic carbocycles. The Hall–Kier alpha value is -2.13. The van der Waals surface area contributed by atoms with Crippen molar-refractivity contribution in [3.63, 3.8) is 0 Å². The number of phenolic OH excluding ortho intramolecular Hbond substituents is 1. The van der Waals surface area contributed by atoms with Crippen LogP contribution in [0.25, 0.3) is 0 Å². The number of hydrogen-bond acceptors (Lipinski definition) is 3. The van der Waals surface area contributed by atoms with Crippen molar-refractivity contribution in [2.24, 2.45) is 17.8 Å². The molecular formula is C28H36O3. The Kier molecular flexibility index (Phi) is 7.45. The van der Waals surface area contributed by atoms with E-state index in [4.69, 9.17) is 4.74 Å². The third kappa shape index (κ3) is 5.38. The highest BCUT2D eigenvalue weighted by molar-refractivity contribution is 5.84. The molecule has 0 spiro atoms. The van der Waals surface area contributed by atoms with E-state index in [-0.39, 0.29) is 12.0 Å². The minimum Gasteiger partial charge on any atom is -0.508 e. The van der Waals surface area contributed by atoms with Gasteiger partial charge in [0.25, 0.3) is 0 Å². The van der Waals surface area contributed by atoms with Gasteiger partial charge < -0.3 is 9.84 Å². The summed E-state index contributed by atoms with van der Waals surface area (Å²) in [5.41, 5.74) is 3.52. The average Bonchev–Trinajstić information content (AvgIpc) is 3.09. The normalized spacial score (nSPS) is 23.4. The second kappa shape index (κ2) is 10.5. The van der Waals surface area contributed by atoms with Crippen LogP contribution in [0.4, 0.5) is 0 Å². The van der Waals surface area contributed by atoms with Crippen LogP contribution >= 0.6 is 0 Å². The maximum absolute atomic E-state index is 12.9. The van der Waals surface area contributed by atoms with E-state index < -0.39 is 0 Å². The summed E-state index contributed by atoms with van der Waals surface area (Å²) in [5, 5.41) is 10.2. The molecule has 3 heteroatoms. The number of Topliss-reactive ketones (excluding diaryl/α,β-unsaturated/α-hetero) is 1. The van der Waals surface area contributed by atoms with Gasteiger partial charge in [0.15, 0.2) is 0 Å². The summed E-state index contributed by atoms with van der Waals surface area (Å²) in [6.07, 6.45) is 9.27. The summed E-state index contributed by atoms with van der Waals surface area (Å²) in [5.74, 6) is 1.79. The minimum atomic E-state index is 0.148. The lowest BCUT2D eigenvalue weighted by Crippen LogP contribution is -2.27. The quantitative estimate of drug-likeness (QED) is 0.462. The summed E-state index contributed by atoms with van der Waals surface area (Å²) < 4.78 is 6.33. The van der Waals surface area contributed by atoms with Gasteiger partial charge in [0.2, 0.25) is 0 Å². The summed E-state index contributed by atoms with van der Waals surface area (Å²) in [6.45, 7) is 2.88. The molecule has 0 radical (unpaired) electrons. The van der Waals surface area contributed by atoms with Crippen LogP contribution in [0.15, 0.2) is 48.5 Å². The first kappa shape index (κ1) is 22.1. The number of ether oxygens (including phenoxy) is 1. The minimum absolute atomic E-state index is 0.148. The lowest BCUT2D eigenvalue weighted by atomic mass is 9.73. The van der Waals surface area contributed by atoms with Gasteiger partial charge in [0.05, 0.1) is 12.7 Å². The van der Waals surface area contributed by atoms with E-state index in [2.05, 4.69) is 37.3 Å². The summed E-state index contributed by atoms with van der Waals surface area (Å²) in [4.78, 5) is 12.9. The number of benzene rings is 2. The van der Waals surface area contributed by atoms with Crippen molar-refractivity contribution in [2.45, 2.75) is 77.4 Å². The number of hydrogen-bond donors (Lipinski definition) is 1. The third-order valence-corrected chi connectivity index (χ3v) is 7.43. The van der Waals surface area contributed by atoms with Crippen molar-refractivity contribution < 1.29 is 14.6 Å². The zero-order chi connectivity index (χ0) is 21.6. The molecule has 1 N–H and O–H groups in total. The molecule has 31 heavy (non-hydrogen) atoms. The molecule has 2 aliphatic rings. The van der Waals surface area contributed by atoms with Gasteiger partial charge in [-0.1, -0.05) is 68.7 Å². The van der Waals surface area contributed by atoms with Crippen LogP contribution in [-0.2, 0) is 29.0 Å². The molecule has 1 saturated carbocycles. The fourth-order valence-electron chi connectivity index (χ4n) is 5.69. The van der Waals surface area contributed by atoms with Gasteiger partial charge in [0.1, 0.15) is 11.5 Å². The zero-order valence-electron chi connectivity index (χ0n) is 18.8. The van der Waals surface area contributed by atoms with Gasteiger partial charge in [-0.25, -0.2) is 0 Å². The summed E-state index contributed by atoms with van der Waals surface area (Å²) >= 11 is 0. The predicted octanol–water partition coefficient (Wildman–Crippen LogP) is 6.26. The monoisotopic (exact) mass is 420 g/mol. The van der Waals surface area contributed by atoms with Crippen LogP contribution in [0.5, 0.6) is 5.75 Å². The molecule has 3 nitrogen and oxygen atoms in total. The Morgan fingerprint density at radius 2 is 1.84 bits per heavy atom. The summed E-state index contributed by atoms with van der Waals surface area (Å²) in [6, 6.07) is 16.2. The molecule has 0 amide bonds. The molecule has 4 atom stereocenters. The Morgan fingerprint density at radius 3 is 2.65 bits per heavy atom. The topological polar surface area (TPSA) is 46.5 Å². The largest absolute Gasteiger partial charge is 0.508 e. The van der Waals surface area contributed by atoms with Crippen molar-refractivity contribution >= 4 is 5.78 Å². The maximum Gasteiger partial charge on any atom is 0.136 e. The standard InChI is InChI=1S/C28H36O3/c1-2-3-5-12-23(31-19-20-9-6-4-7-10-20)14-15-24-25-16-21-11-8-13-27(29)26(21)17-22(25)18-28(24)30/h4,6-11,13,22-25,29H,2-3,5,12,14-19H2,1H3/t22?,23-,24?,25?/m1/s1. The van der Waals surface area contributed by atoms with E-state index in [1.165, 1.54) is 30.4 Å². The maximum atomic E-state index is 12.9. The predicted molar refractivity (Wildman–Crippen MR) is 124 cm³/mol. The van der Waals surface area contributed by atoms with Gasteiger partial charge in [-0.05, 0) is 66.7 Å². The molecule has 0 heterocycles. The molecule has 0 aliphatic heterocycles. The second-order valence-electron chi connectivity index (χ2n) is 9.52. The highest BCUT2D eigenvalue weighted by atomic mass is 16.5. The fraction of sp³-hybridized carbons (Fsp3) is 0.536. The van der Waals surface area contributed by atoms with Crippen LogP contribution < -0.4 is 0 Å². The second-order valence-corrected chi connectivity index (χ2v) is 9.52. The van der Waals surface area contributed by atoms with E-state index in [1.807, 2.05) is 12.1 Å². The van der Waals surface area contributed by atoms with E-state index in [9.17, 15) is 9.90 Å². The number of fused-ring (bicyclic) bond motifs is 2. The number of rotatable bonds is 10. The number of unbranched alkanes of at least 4 members (excludes halogenated alkanes) is 2. The zero-order valence-corrected chi connectivity index (χ0v) is 18.8. The van der Waals surface area contributed by atoms with Crippen LogP contribution in [0.2, 0.25) is 0 Å². The van der Waals surface area contributed by atoms with Crippen molar-refractivity contribution in [2.75, 3.05) is 0 Å². The van der Waals surface area contributed by atoms with E-state index in [1.54, 1.807) is 6.07 Å². The van der Waals surface area contributed by atoms with E-state index >= 15 is 0 Å². The molecule has 0 aromatic heterocycles. The van der Waals surface area contributed by atoms with Gasteiger partial charge in [-0.15, -0.1) is 0 Å². The fourth-order valence-corrected chi connectivity index (χ4v) is 5.69. The van der Waals surface area contributed by atoms with Crippen LogP contribution in [-0.4, -0.2) is 17.0 Å².